The van der Waals surface area contributed by atoms with Crippen molar-refractivity contribution in [2.45, 2.75) is 31.9 Å². The van der Waals surface area contributed by atoms with Crippen LogP contribution in [0.3, 0.4) is 0 Å². The Morgan fingerprint density at radius 2 is 2.56 bits per heavy atom. The average Bonchev–Trinajstić information content (AvgIpc) is 2.81. The standard InChI is InChI=1S/C13H20N2O3/c1-10(12-5-3-7-18-12)14-13(17)9-15-6-2-4-11(16)8-15/h3,5,7,10-11,16H,2,4,6,8-9H2,1H3,(H,14,17)/t10?,11-/m0/s1. The highest BCUT2D eigenvalue weighted by Crippen LogP contribution is 2.13. The normalized spacial score (nSPS) is 22.7. The van der Waals surface area contributed by atoms with Crippen LogP contribution in [-0.2, 0) is 4.79 Å². The van der Waals surface area contributed by atoms with Crippen molar-refractivity contribution in [2.24, 2.45) is 0 Å². The van der Waals surface area contributed by atoms with E-state index in [0.717, 1.165) is 25.1 Å². The Balaban J connectivity index is 1.78. The van der Waals surface area contributed by atoms with E-state index < -0.39 is 0 Å². The van der Waals surface area contributed by atoms with Crippen LogP contribution in [0.15, 0.2) is 22.8 Å². The van der Waals surface area contributed by atoms with E-state index in [-0.39, 0.29) is 18.1 Å². The van der Waals surface area contributed by atoms with Gasteiger partial charge in [0.05, 0.1) is 25.0 Å². The van der Waals surface area contributed by atoms with Gasteiger partial charge in [-0.1, -0.05) is 0 Å². The predicted octanol–water partition coefficient (Wildman–Crippen LogP) is 0.913. The molecule has 100 valence electrons. The number of hydrogen-bond acceptors (Lipinski definition) is 4. The number of carbonyl (C=O) groups excluding carboxylic acids is 1. The third-order valence-corrected chi connectivity index (χ3v) is 3.20. The number of nitrogens with one attached hydrogen (secondary N) is 1. The summed E-state index contributed by atoms with van der Waals surface area (Å²) in [6.07, 6.45) is 3.08. The zero-order valence-electron chi connectivity index (χ0n) is 10.6. The maximum Gasteiger partial charge on any atom is 0.234 e. The minimum absolute atomic E-state index is 0.0343. The van der Waals surface area contributed by atoms with Gasteiger partial charge in [0.15, 0.2) is 0 Å². The second-order valence-electron chi connectivity index (χ2n) is 4.84. The quantitative estimate of drug-likeness (QED) is 0.836. The van der Waals surface area contributed by atoms with Crippen LogP contribution in [0.1, 0.15) is 31.6 Å². The first-order valence-electron chi connectivity index (χ1n) is 6.38. The molecule has 1 aromatic rings. The highest BCUT2D eigenvalue weighted by atomic mass is 16.3. The Labute approximate surface area is 107 Å². The van der Waals surface area contributed by atoms with Crippen molar-refractivity contribution in [1.29, 1.82) is 0 Å². The Kier molecular flexibility index (Phi) is 4.38. The maximum atomic E-state index is 11.8. The van der Waals surface area contributed by atoms with E-state index in [0.29, 0.717) is 13.1 Å². The van der Waals surface area contributed by atoms with Crippen molar-refractivity contribution >= 4 is 5.91 Å². The summed E-state index contributed by atoms with van der Waals surface area (Å²) in [5, 5.41) is 12.4. The van der Waals surface area contributed by atoms with E-state index in [9.17, 15) is 9.90 Å². The molecule has 2 heterocycles. The molecule has 1 aliphatic heterocycles. The number of carbonyl (C=O) groups is 1. The van der Waals surface area contributed by atoms with Gasteiger partial charge in [-0.25, -0.2) is 0 Å². The molecule has 0 spiro atoms. The summed E-state index contributed by atoms with van der Waals surface area (Å²) in [4.78, 5) is 13.8. The van der Waals surface area contributed by atoms with Gasteiger partial charge >= 0.3 is 0 Å². The van der Waals surface area contributed by atoms with Crippen molar-refractivity contribution in [2.75, 3.05) is 19.6 Å². The largest absolute Gasteiger partial charge is 0.467 e. The van der Waals surface area contributed by atoms with Crippen LogP contribution < -0.4 is 5.32 Å². The van der Waals surface area contributed by atoms with Gasteiger partial charge in [0.2, 0.25) is 5.91 Å². The fraction of sp³-hybridized carbons (Fsp3) is 0.615. The van der Waals surface area contributed by atoms with Crippen LogP contribution >= 0.6 is 0 Å². The Bertz CT molecular complexity index is 378. The summed E-state index contributed by atoms with van der Waals surface area (Å²) in [7, 11) is 0. The molecule has 5 nitrogen and oxygen atoms in total. The van der Waals surface area contributed by atoms with Gasteiger partial charge in [-0.2, -0.15) is 0 Å². The Hall–Kier alpha value is -1.33. The summed E-state index contributed by atoms with van der Waals surface area (Å²) < 4.78 is 5.23. The number of aliphatic hydroxyl groups is 1. The molecule has 2 atom stereocenters. The zero-order chi connectivity index (χ0) is 13.0. The molecule has 1 aliphatic rings. The van der Waals surface area contributed by atoms with E-state index in [1.54, 1.807) is 12.3 Å². The molecule has 0 saturated carbocycles. The molecule has 0 aromatic carbocycles. The summed E-state index contributed by atoms with van der Waals surface area (Å²) in [6, 6.07) is 3.52. The van der Waals surface area contributed by atoms with Gasteiger partial charge in [-0.15, -0.1) is 0 Å². The summed E-state index contributed by atoms with van der Waals surface area (Å²) in [5.74, 6) is 0.718. The fourth-order valence-electron chi connectivity index (χ4n) is 2.27. The zero-order valence-corrected chi connectivity index (χ0v) is 10.6. The van der Waals surface area contributed by atoms with Crippen molar-refractivity contribution in [3.05, 3.63) is 24.2 Å². The van der Waals surface area contributed by atoms with Gasteiger partial charge in [-0.05, 0) is 38.4 Å². The molecule has 1 fully saturated rings. The smallest absolute Gasteiger partial charge is 0.234 e. The van der Waals surface area contributed by atoms with Crippen LogP contribution in [0, 0.1) is 0 Å². The summed E-state index contributed by atoms with van der Waals surface area (Å²) >= 11 is 0. The molecule has 1 unspecified atom stereocenters. The van der Waals surface area contributed by atoms with Gasteiger partial charge in [0.1, 0.15) is 5.76 Å². The molecular weight excluding hydrogens is 232 g/mol. The number of furan rings is 1. The molecule has 1 aromatic heterocycles. The van der Waals surface area contributed by atoms with Crippen molar-refractivity contribution in [1.82, 2.24) is 10.2 Å². The molecule has 5 heteroatoms. The lowest BCUT2D eigenvalue weighted by molar-refractivity contribution is -0.123. The molecule has 2 N–H and O–H groups in total. The van der Waals surface area contributed by atoms with Gasteiger partial charge in [-0.3, -0.25) is 9.69 Å². The first kappa shape index (κ1) is 13.1. The second-order valence-corrected chi connectivity index (χ2v) is 4.84. The number of likely N-dealkylation sites (tertiary alicyclic amines) is 1. The molecule has 2 rings (SSSR count). The third kappa shape index (κ3) is 3.58. The number of nitrogens with zero attached hydrogens (tertiary/aromatic N) is 1. The van der Waals surface area contributed by atoms with E-state index in [4.69, 9.17) is 4.42 Å². The van der Waals surface area contributed by atoms with Crippen molar-refractivity contribution in [3.63, 3.8) is 0 Å². The topological polar surface area (TPSA) is 65.7 Å². The van der Waals surface area contributed by atoms with E-state index in [1.165, 1.54) is 0 Å². The number of aliphatic hydroxyl groups excluding tert-OH is 1. The molecule has 0 radical (unpaired) electrons. The highest BCUT2D eigenvalue weighted by Gasteiger charge is 2.20. The number of piperidine rings is 1. The number of β-amino-alcohol motifs (C(OH)–C–C–N with tert-alkyl or cyclic N) is 1. The average molecular weight is 252 g/mol. The molecule has 0 bridgehead atoms. The Morgan fingerprint density at radius 3 is 3.22 bits per heavy atom. The highest BCUT2D eigenvalue weighted by molar-refractivity contribution is 5.78. The summed E-state index contributed by atoms with van der Waals surface area (Å²) in [5.41, 5.74) is 0. The molecule has 18 heavy (non-hydrogen) atoms. The van der Waals surface area contributed by atoms with E-state index >= 15 is 0 Å². The van der Waals surface area contributed by atoms with Crippen LogP contribution in [0.5, 0.6) is 0 Å². The Morgan fingerprint density at radius 1 is 1.72 bits per heavy atom. The number of rotatable bonds is 4. The predicted molar refractivity (Wildman–Crippen MR) is 66.9 cm³/mol. The SMILES string of the molecule is CC(NC(=O)CN1CCC[C@H](O)C1)c1ccco1. The molecule has 1 saturated heterocycles. The molecule has 0 aliphatic carbocycles. The van der Waals surface area contributed by atoms with Crippen LogP contribution in [-0.4, -0.2) is 41.7 Å². The fourth-order valence-corrected chi connectivity index (χ4v) is 2.27. The van der Waals surface area contributed by atoms with E-state index in [2.05, 4.69) is 5.32 Å². The number of amides is 1. The lowest BCUT2D eigenvalue weighted by Gasteiger charge is -2.29. The minimum atomic E-state index is -0.297. The summed E-state index contributed by atoms with van der Waals surface area (Å²) in [6.45, 7) is 3.69. The third-order valence-electron chi connectivity index (χ3n) is 3.20. The van der Waals surface area contributed by atoms with E-state index in [1.807, 2.05) is 17.9 Å². The van der Waals surface area contributed by atoms with Gasteiger partial charge in [0, 0.05) is 6.54 Å². The lowest BCUT2D eigenvalue weighted by atomic mass is 10.1. The minimum Gasteiger partial charge on any atom is -0.467 e. The van der Waals surface area contributed by atoms with Gasteiger partial charge < -0.3 is 14.8 Å². The van der Waals surface area contributed by atoms with Crippen molar-refractivity contribution < 1.29 is 14.3 Å². The first-order valence-corrected chi connectivity index (χ1v) is 6.38. The van der Waals surface area contributed by atoms with Crippen LogP contribution in [0.25, 0.3) is 0 Å². The van der Waals surface area contributed by atoms with Gasteiger partial charge in [0.25, 0.3) is 0 Å². The maximum absolute atomic E-state index is 11.8. The first-order chi connectivity index (χ1) is 8.65. The lowest BCUT2D eigenvalue weighted by Crippen LogP contribution is -2.44. The van der Waals surface area contributed by atoms with Crippen LogP contribution in [0.4, 0.5) is 0 Å². The van der Waals surface area contributed by atoms with Crippen molar-refractivity contribution in [3.8, 4) is 0 Å². The van der Waals surface area contributed by atoms with Crippen LogP contribution in [0.2, 0.25) is 0 Å². The second kappa shape index (κ2) is 6.02. The molecular formula is C13H20N2O3. The monoisotopic (exact) mass is 252 g/mol. The molecule has 1 amide bonds. The number of hydrogen-bond donors (Lipinski definition) is 2.